The summed E-state index contributed by atoms with van der Waals surface area (Å²) in [5, 5.41) is 3.73. The third kappa shape index (κ3) is 2.95. The number of hydrogen-bond donors (Lipinski definition) is 1. The van der Waals surface area contributed by atoms with Crippen LogP contribution in [-0.4, -0.2) is 30.2 Å². The van der Waals surface area contributed by atoms with E-state index in [-0.39, 0.29) is 0 Å². The van der Waals surface area contributed by atoms with Crippen LogP contribution in [0.25, 0.3) is 0 Å². The fourth-order valence-electron chi connectivity index (χ4n) is 2.42. The molecular formula is C16H18ClN4O. The van der Waals surface area contributed by atoms with Crippen molar-refractivity contribution in [2.45, 2.75) is 25.3 Å². The predicted octanol–water partition coefficient (Wildman–Crippen LogP) is 3.67. The topological polar surface area (TPSA) is 50.3 Å². The third-order valence-corrected chi connectivity index (χ3v) is 4.24. The summed E-state index contributed by atoms with van der Waals surface area (Å²) >= 11 is 6.25. The molecule has 115 valence electrons. The van der Waals surface area contributed by atoms with Crippen molar-refractivity contribution in [3.8, 4) is 5.75 Å². The SMILES string of the molecule is COc1c[c]ccc1Nc1ncc(Cl)c(N(C)C2CCC2)n1. The molecule has 1 heterocycles. The molecular weight excluding hydrogens is 300 g/mol. The first-order chi connectivity index (χ1) is 10.7. The molecule has 0 aliphatic heterocycles. The van der Waals surface area contributed by atoms with Crippen molar-refractivity contribution in [2.24, 2.45) is 0 Å². The zero-order valence-corrected chi connectivity index (χ0v) is 13.4. The smallest absolute Gasteiger partial charge is 0.229 e. The van der Waals surface area contributed by atoms with Gasteiger partial charge in [-0.1, -0.05) is 17.7 Å². The van der Waals surface area contributed by atoms with Crippen molar-refractivity contribution in [3.63, 3.8) is 0 Å². The van der Waals surface area contributed by atoms with Crippen LogP contribution in [0.15, 0.2) is 24.4 Å². The van der Waals surface area contributed by atoms with Gasteiger partial charge >= 0.3 is 0 Å². The Kier molecular flexibility index (Phi) is 4.34. The molecule has 1 aromatic heterocycles. The number of nitrogens with zero attached hydrogens (tertiary/aromatic N) is 3. The number of nitrogens with one attached hydrogen (secondary N) is 1. The minimum absolute atomic E-state index is 0.495. The zero-order valence-electron chi connectivity index (χ0n) is 12.6. The molecule has 1 aliphatic rings. The van der Waals surface area contributed by atoms with Gasteiger partial charge in [0.15, 0.2) is 5.82 Å². The van der Waals surface area contributed by atoms with Crippen LogP contribution in [0, 0.1) is 6.07 Å². The quantitative estimate of drug-likeness (QED) is 0.911. The van der Waals surface area contributed by atoms with Gasteiger partial charge in [-0.2, -0.15) is 4.98 Å². The van der Waals surface area contributed by atoms with Crippen LogP contribution in [0.5, 0.6) is 5.75 Å². The Morgan fingerprint density at radius 2 is 2.27 bits per heavy atom. The maximum Gasteiger partial charge on any atom is 0.229 e. The highest BCUT2D eigenvalue weighted by Crippen LogP contribution is 2.32. The van der Waals surface area contributed by atoms with Gasteiger partial charge < -0.3 is 15.0 Å². The van der Waals surface area contributed by atoms with Gasteiger partial charge in [0, 0.05) is 13.1 Å². The lowest BCUT2D eigenvalue weighted by atomic mass is 9.92. The van der Waals surface area contributed by atoms with Gasteiger partial charge in [0.25, 0.3) is 0 Å². The number of benzene rings is 1. The zero-order chi connectivity index (χ0) is 15.5. The molecule has 0 bridgehead atoms. The Hall–Kier alpha value is -2.01. The first kappa shape index (κ1) is 14.9. The van der Waals surface area contributed by atoms with Crippen LogP contribution >= 0.6 is 11.6 Å². The van der Waals surface area contributed by atoms with Crippen molar-refractivity contribution in [1.82, 2.24) is 9.97 Å². The van der Waals surface area contributed by atoms with Gasteiger partial charge in [0.2, 0.25) is 5.95 Å². The summed E-state index contributed by atoms with van der Waals surface area (Å²) in [6, 6.07) is 8.93. The van der Waals surface area contributed by atoms with Crippen LogP contribution in [0.4, 0.5) is 17.5 Å². The Morgan fingerprint density at radius 1 is 1.45 bits per heavy atom. The molecule has 1 aliphatic carbocycles. The Labute approximate surface area is 135 Å². The van der Waals surface area contributed by atoms with Crippen LogP contribution in [0.2, 0.25) is 5.02 Å². The number of aromatic nitrogens is 2. The van der Waals surface area contributed by atoms with Crippen molar-refractivity contribution in [2.75, 3.05) is 24.4 Å². The lowest BCUT2D eigenvalue weighted by Gasteiger charge is -2.35. The highest BCUT2D eigenvalue weighted by Gasteiger charge is 2.25. The van der Waals surface area contributed by atoms with Gasteiger partial charge in [0.1, 0.15) is 10.8 Å². The van der Waals surface area contributed by atoms with Crippen molar-refractivity contribution >= 4 is 29.1 Å². The minimum Gasteiger partial charge on any atom is -0.495 e. The van der Waals surface area contributed by atoms with Crippen LogP contribution < -0.4 is 15.0 Å². The van der Waals surface area contributed by atoms with Gasteiger partial charge in [-0.05, 0) is 37.5 Å². The van der Waals surface area contributed by atoms with E-state index in [2.05, 4.69) is 26.3 Å². The van der Waals surface area contributed by atoms with Gasteiger partial charge in [-0.15, -0.1) is 0 Å². The number of methoxy groups -OCH3 is 1. The van der Waals surface area contributed by atoms with E-state index >= 15 is 0 Å². The normalized spacial score (nSPS) is 14.3. The van der Waals surface area contributed by atoms with E-state index in [9.17, 15) is 0 Å². The van der Waals surface area contributed by atoms with E-state index in [1.165, 1.54) is 19.3 Å². The summed E-state index contributed by atoms with van der Waals surface area (Å²) < 4.78 is 5.30. The van der Waals surface area contributed by atoms with Crippen LogP contribution in [0.1, 0.15) is 19.3 Å². The van der Waals surface area contributed by atoms with E-state index < -0.39 is 0 Å². The number of ether oxygens (including phenoxy) is 1. The summed E-state index contributed by atoms with van der Waals surface area (Å²) in [5.41, 5.74) is 0.792. The highest BCUT2D eigenvalue weighted by atomic mass is 35.5. The number of hydrogen-bond acceptors (Lipinski definition) is 5. The second-order valence-corrected chi connectivity index (χ2v) is 5.72. The Bertz CT molecular complexity index is 660. The summed E-state index contributed by atoms with van der Waals surface area (Å²) in [5.74, 6) is 1.94. The monoisotopic (exact) mass is 317 g/mol. The van der Waals surface area contributed by atoms with E-state index in [0.29, 0.717) is 22.8 Å². The van der Waals surface area contributed by atoms with Crippen molar-refractivity contribution in [3.05, 3.63) is 35.5 Å². The molecule has 0 spiro atoms. The first-order valence-corrected chi connectivity index (χ1v) is 7.63. The van der Waals surface area contributed by atoms with E-state index in [0.717, 1.165) is 11.5 Å². The fraction of sp³-hybridized carbons (Fsp3) is 0.375. The second-order valence-electron chi connectivity index (χ2n) is 5.31. The standard InChI is InChI=1S/C16H18ClN4O/c1-21(11-6-5-7-11)15-12(17)10-18-16(20-15)19-13-8-3-4-9-14(13)22-2/h3,8-11H,5-7H2,1-2H3,(H,18,19,20). The minimum atomic E-state index is 0.495. The Morgan fingerprint density at radius 3 is 2.95 bits per heavy atom. The van der Waals surface area contributed by atoms with Crippen molar-refractivity contribution in [1.29, 1.82) is 0 Å². The Balaban J connectivity index is 1.85. The molecule has 0 amide bonds. The summed E-state index contributed by atoms with van der Waals surface area (Å²) in [7, 11) is 3.65. The highest BCUT2D eigenvalue weighted by molar-refractivity contribution is 6.32. The fourth-order valence-corrected chi connectivity index (χ4v) is 2.64. The summed E-state index contributed by atoms with van der Waals surface area (Å²) in [4.78, 5) is 10.9. The maximum absolute atomic E-state index is 6.25. The van der Waals surface area contributed by atoms with Crippen LogP contribution in [0.3, 0.4) is 0 Å². The number of halogens is 1. The first-order valence-electron chi connectivity index (χ1n) is 7.25. The van der Waals surface area contributed by atoms with Crippen molar-refractivity contribution < 1.29 is 4.74 Å². The molecule has 1 aromatic carbocycles. The van der Waals surface area contributed by atoms with Crippen LogP contribution in [-0.2, 0) is 0 Å². The summed E-state index contributed by atoms with van der Waals surface area (Å²) in [6.45, 7) is 0. The molecule has 5 nitrogen and oxygen atoms in total. The lowest BCUT2D eigenvalue weighted by molar-refractivity contribution is 0.399. The third-order valence-electron chi connectivity index (χ3n) is 3.97. The predicted molar refractivity (Wildman–Crippen MR) is 88.2 cm³/mol. The lowest BCUT2D eigenvalue weighted by Crippen LogP contribution is -2.37. The van der Waals surface area contributed by atoms with E-state index in [1.54, 1.807) is 19.4 Å². The molecule has 22 heavy (non-hydrogen) atoms. The van der Waals surface area contributed by atoms with E-state index in [4.69, 9.17) is 16.3 Å². The molecule has 1 fully saturated rings. The summed E-state index contributed by atoms with van der Waals surface area (Å²) in [6.07, 6.45) is 5.26. The molecule has 3 rings (SSSR count). The molecule has 0 atom stereocenters. The number of rotatable bonds is 5. The molecule has 0 unspecified atom stereocenters. The second kappa shape index (κ2) is 6.40. The van der Waals surface area contributed by atoms with Gasteiger partial charge in [-0.25, -0.2) is 4.98 Å². The number of anilines is 3. The molecule has 1 saturated carbocycles. The maximum atomic E-state index is 6.25. The molecule has 0 saturated heterocycles. The average Bonchev–Trinajstić information content (AvgIpc) is 2.48. The molecule has 2 aromatic rings. The largest absolute Gasteiger partial charge is 0.495 e. The average molecular weight is 318 g/mol. The van der Waals surface area contributed by atoms with Gasteiger partial charge in [0.05, 0.1) is 19.0 Å². The molecule has 6 heteroatoms. The molecule has 1 radical (unpaired) electrons. The van der Waals surface area contributed by atoms with Gasteiger partial charge in [-0.3, -0.25) is 0 Å². The molecule has 1 N–H and O–H groups in total. The van der Waals surface area contributed by atoms with E-state index in [1.807, 2.05) is 19.2 Å².